The molecule has 0 aromatic heterocycles. The van der Waals surface area contributed by atoms with E-state index in [-0.39, 0.29) is 6.61 Å². The molecule has 0 atom stereocenters. The van der Waals surface area contributed by atoms with Crippen LogP contribution in [0.1, 0.15) is 25.7 Å². The minimum absolute atomic E-state index is 0.282. The lowest BCUT2D eigenvalue weighted by Gasteiger charge is -2.09. The van der Waals surface area contributed by atoms with E-state index in [1.165, 1.54) is 0 Å². The third kappa shape index (κ3) is 4.60. The Bertz CT molecular complexity index is 298. The van der Waals surface area contributed by atoms with Crippen LogP contribution in [0, 0.1) is 0 Å². The first kappa shape index (κ1) is 13.6. The maximum Gasteiger partial charge on any atom is 0.0718 e. The zero-order chi connectivity index (χ0) is 11.8. The minimum Gasteiger partial charge on any atom is -0.396 e. The van der Waals surface area contributed by atoms with Crippen molar-refractivity contribution in [2.45, 2.75) is 25.7 Å². The summed E-state index contributed by atoms with van der Waals surface area (Å²) in [5.41, 5.74) is 0.813. The van der Waals surface area contributed by atoms with Crippen LogP contribution in [-0.2, 0) is 0 Å². The van der Waals surface area contributed by atoms with Gasteiger partial charge in [0.05, 0.1) is 15.7 Å². The fraction of sp³-hybridized carbons (Fsp3) is 0.500. The normalized spacial score (nSPS) is 10.4. The van der Waals surface area contributed by atoms with Gasteiger partial charge in [-0.3, -0.25) is 0 Å². The van der Waals surface area contributed by atoms with E-state index in [1.54, 1.807) is 0 Å². The second-order valence-electron chi connectivity index (χ2n) is 3.66. The number of aliphatic hydroxyl groups is 1. The molecule has 1 aromatic carbocycles. The van der Waals surface area contributed by atoms with Crippen LogP contribution in [0.4, 0.5) is 5.69 Å². The lowest BCUT2D eigenvalue weighted by molar-refractivity contribution is 0.283. The van der Waals surface area contributed by atoms with E-state index in [0.717, 1.165) is 37.9 Å². The van der Waals surface area contributed by atoms with E-state index in [9.17, 15) is 0 Å². The molecular weight excluding hydrogens is 245 g/mol. The Hall–Kier alpha value is -0.440. The van der Waals surface area contributed by atoms with E-state index >= 15 is 0 Å². The molecule has 0 aliphatic carbocycles. The maximum absolute atomic E-state index is 8.62. The van der Waals surface area contributed by atoms with Crippen LogP contribution in [0.5, 0.6) is 0 Å². The zero-order valence-electron chi connectivity index (χ0n) is 9.18. The Morgan fingerprint density at radius 3 is 2.25 bits per heavy atom. The second-order valence-corrected chi connectivity index (χ2v) is 4.48. The molecule has 0 saturated carbocycles. The van der Waals surface area contributed by atoms with Crippen LogP contribution in [0.2, 0.25) is 10.0 Å². The molecule has 0 heterocycles. The zero-order valence-corrected chi connectivity index (χ0v) is 10.7. The minimum atomic E-state index is 0.282. The van der Waals surface area contributed by atoms with Gasteiger partial charge in [-0.1, -0.05) is 42.1 Å². The van der Waals surface area contributed by atoms with Crippen molar-refractivity contribution in [3.05, 3.63) is 28.2 Å². The van der Waals surface area contributed by atoms with Gasteiger partial charge in [-0.05, 0) is 25.0 Å². The Morgan fingerprint density at radius 1 is 1.00 bits per heavy atom. The molecule has 0 aliphatic heterocycles. The van der Waals surface area contributed by atoms with Crippen LogP contribution in [-0.4, -0.2) is 18.3 Å². The van der Waals surface area contributed by atoms with Gasteiger partial charge < -0.3 is 10.4 Å². The highest BCUT2D eigenvalue weighted by Crippen LogP contribution is 2.29. The van der Waals surface area contributed by atoms with Gasteiger partial charge in [0.25, 0.3) is 0 Å². The van der Waals surface area contributed by atoms with E-state index in [4.69, 9.17) is 28.3 Å². The molecule has 0 amide bonds. The second kappa shape index (κ2) is 7.77. The van der Waals surface area contributed by atoms with Crippen molar-refractivity contribution >= 4 is 28.9 Å². The number of rotatable bonds is 7. The molecule has 1 rings (SSSR count). The predicted molar refractivity (Wildman–Crippen MR) is 70.5 cm³/mol. The Labute approximate surface area is 107 Å². The number of benzene rings is 1. The van der Waals surface area contributed by atoms with E-state index in [2.05, 4.69) is 5.32 Å². The largest absolute Gasteiger partial charge is 0.396 e. The van der Waals surface area contributed by atoms with Crippen molar-refractivity contribution in [3.63, 3.8) is 0 Å². The van der Waals surface area contributed by atoms with Crippen molar-refractivity contribution in [2.75, 3.05) is 18.5 Å². The summed E-state index contributed by atoms with van der Waals surface area (Å²) in [6.07, 6.45) is 4.11. The van der Waals surface area contributed by atoms with E-state index in [1.807, 2.05) is 18.2 Å². The van der Waals surface area contributed by atoms with Gasteiger partial charge in [-0.25, -0.2) is 0 Å². The van der Waals surface area contributed by atoms with Crippen molar-refractivity contribution in [2.24, 2.45) is 0 Å². The van der Waals surface area contributed by atoms with Crippen molar-refractivity contribution in [1.82, 2.24) is 0 Å². The molecule has 16 heavy (non-hydrogen) atoms. The number of aliphatic hydroxyl groups excluding tert-OH is 1. The average Bonchev–Trinajstić information content (AvgIpc) is 2.26. The third-order valence-corrected chi connectivity index (χ3v) is 2.98. The summed E-state index contributed by atoms with van der Waals surface area (Å²) >= 11 is 12.0. The van der Waals surface area contributed by atoms with Gasteiger partial charge in [-0.2, -0.15) is 0 Å². The standard InChI is InChI=1S/C12H17Cl2NO/c13-10-6-5-7-11(14)12(10)15-8-3-1-2-4-9-16/h5-7,15-16H,1-4,8-9H2. The fourth-order valence-corrected chi connectivity index (χ4v) is 2.00. The van der Waals surface area contributed by atoms with Crippen molar-refractivity contribution < 1.29 is 5.11 Å². The number of hydrogen-bond donors (Lipinski definition) is 2. The molecule has 0 bridgehead atoms. The summed E-state index contributed by atoms with van der Waals surface area (Å²) in [5.74, 6) is 0. The van der Waals surface area contributed by atoms with Gasteiger partial charge in [0.15, 0.2) is 0 Å². The summed E-state index contributed by atoms with van der Waals surface area (Å²) in [4.78, 5) is 0. The summed E-state index contributed by atoms with van der Waals surface area (Å²) in [6.45, 7) is 1.14. The molecule has 0 fully saturated rings. The van der Waals surface area contributed by atoms with Gasteiger partial charge in [0, 0.05) is 13.2 Å². The molecular formula is C12H17Cl2NO. The summed E-state index contributed by atoms with van der Waals surface area (Å²) < 4.78 is 0. The smallest absolute Gasteiger partial charge is 0.0718 e. The summed E-state index contributed by atoms with van der Waals surface area (Å²) in [5, 5.41) is 13.2. The average molecular weight is 262 g/mol. The lowest BCUT2D eigenvalue weighted by Crippen LogP contribution is -2.02. The van der Waals surface area contributed by atoms with Crippen LogP contribution < -0.4 is 5.32 Å². The molecule has 2 N–H and O–H groups in total. The highest BCUT2D eigenvalue weighted by Gasteiger charge is 2.03. The van der Waals surface area contributed by atoms with Gasteiger partial charge in [-0.15, -0.1) is 0 Å². The molecule has 2 nitrogen and oxygen atoms in total. The number of hydrogen-bond acceptors (Lipinski definition) is 2. The number of para-hydroxylation sites is 1. The van der Waals surface area contributed by atoms with Crippen molar-refractivity contribution in [1.29, 1.82) is 0 Å². The quantitative estimate of drug-likeness (QED) is 0.729. The van der Waals surface area contributed by atoms with Gasteiger partial charge in [0.2, 0.25) is 0 Å². The predicted octanol–water partition coefficient (Wildman–Crippen LogP) is 3.96. The molecule has 90 valence electrons. The van der Waals surface area contributed by atoms with Gasteiger partial charge in [0.1, 0.15) is 0 Å². The molecule has 0 radical (unpaired) electrons. The Morgan fingerprint density at radius 2 is 1.62 bits per heavy atom. The summed E-state index contributed by atoms with van der Waals surface area (Å²) in [6, 6.07) is 5.47. The molecule has 0 spiro atoms. The summed E-state index contributed by atoms with van der Waals surface area (Å²) in [7, 11) is 0. The first-order valence-electron chi connectivity index (χ1n) is 5.54. The van der Waals surface area contributed by atoms with Crippen LogP contribution in [0.3, 0.4) is 0 Å². The van der Waals surface area contributed by atoms with Crippen molar-refractivity contribution in [3.8, 4) is 0 Å². The molecule has 0 unspecified atom stereocenters. The lowest BCUT2D eigenvalue weighted by atomic mass is 10.2. The first-order chi connectivity index (χ1) is 7.75. The molecule has 0 saturated heterocycles. The number of unbranched alkanes of at least 4 members (excludes halogenated alkanes) is 3. The van der Waals surface area contributed by atoms with Crippen LogP contribution in [0.15, 0.2) is 18.2 Å². The Balaban J connectivity index is 2.26. The first-order valence-corrected chi connectivity index (χ1v) is 6.30. The number of halogens is 2. The van der Waals surface area contributed by atoms with E-state index < -0.39 is 0 Å². The van der Waals surface area contributed by atoms with E-state index in [0.29, 0.717) is 10.0 Å². The highest BCUT2D eigenvalue weighted by molar-refractivity contribution is 6.39. The third-order valence-electron chi connectivity index (χ3n) is 2.35. The molecule has 4 heteroatoms. The topological polar surface area (TPSA) is 32.3 Å². The van der Waals surface area contributed by atoms with Gasteiger partial charge >= 0.3 is 0 Å². The Kier molecular flexibility index (Phi) is 6.62. The maximum atomic E-state index is 8.62. The number of anilines is 1. The molecule has 1 aromatic rings. The number of nitrogens with one attached hydrogen (secondary N) is 1. The van der Waals surface area contributed by atoms with Crippen LogP contribution >= 0.6 is 23.2 Å². The monoisotopic (exact) mass is 261 g/mol. The SMILES string of the molecule is OCCCCCCNc1c(Cl)cccc1Cl. The highest BCUT2D eigenvalue weighted by atomic mass is 35.5. The van der Waals surface area contributed by atoms with Crippen LogP contribution in [0.25, 0.3) is 0 Å². The molecule has 0 aliphatic rings. The fourth-order valence-electron chi connectivity index (χ4n) is 1.47.